The van der Waals surface area contributed by atoms with Crippen molar-refractivity contribution in [3.63, 3.8) is 0 Å². The second-order valence-corrected chi connectivity index (χ2v) is 8.45. The van der Waals surface area contributed by atoms with Crippen LogP contribution < -0.4 is 10.6 Å². The van der Waals surface area contributed by atoms with Gasteiger partial charge in [-0.25, -0.2) is 14.4 Å². The number of halogens is 4. The van der Waals surface area contributed by atoms with Crippen molar-refractivity contribution in [3.8, 4) is 11.1 Å². The lowest BCUT2D eigenvalue weighted by molar-refractivity contribution is -0.137. The number of aromatic nitrogens is 2. The molecule has 0 atom stereocenters. The van der Waals surface area contributed by atoms with E-state index >= 15 is 0 Å². The number of hydrogen-bond donors (Lipinski definition) is 2. The number of benzene rings is 3. The molecule has 5 nitrogen and oxygen atoms in total. The van der Waals surface area contributed by atoms with E-state index in [1.807, 2.05) is 36.4 Å². The molecule has 35 heavy (non-hydrogen) atoms. The molecule has 0 aliphatic heterocycles. The Morgan fingerprint density at radius 3 is 2.51 bits per heavy atom. The van der Waals surface area contributed by atoms with E-state index in [9.17, 15) is 22.4 Å². The number of fused-ring (bicyclic) bond motifs is 1. The number of anilines is 1. The summed E-state index contributed by atoms with van der Waals surface area (Å²) in [7, 11) is 0. The Labute approximate surface area is 198 Å². The van der Waals surface area contributed by atoms with E-state index in [1.165, 1.54) is 6.33 Å². The molecule has 4 aromatic rings. The summed E-state index contributed by atoms with van der Waals surface area (Å²) >= 11 is 0. The molecule has 1 amide bonds. The molecule has 1 fully saturated rings. The molecule has 1 aliphatic carbocycles. The molecule has 1 aromatic heterocycles. The van der Waals surface area contributed by atoms with Gasteiger partial charge in [0.05, 0.1) is 16.6 Å². The highest BCUT2D eigenvalue weighted by Crippen LogP contribution is 2.32. The van der Waals surface area contributed by atoms with Crippen molar-refractivity contribution >= 4 is 22.6 Å². The third-order valence-electron chi connectivity index (χ3n) is 5.81. The van der Waals surface area contributed by atoms with Crippen LogP contribution in [0.4, 0.5) is 23.4 Å². The SMILES string of the molecule is O=C(NCc1cccc(-c2ccc3ncnc(NC4CC4)c3c2)c1)c1ccc(C(F)(F)F)cc1F. The first-order chi connectivity index (χ1) is 16.8. The van der Waals surface area contributed by atoms with Gasteiger partial charge in [0.2, 0.25) is 0 Å². The highest BCUT2D eigenvalue weighted by molar-refractivity contribution is 5.94. The largest absolute Gasteiger partial charge is 0.416 e. The van der Waals surface area contributed by atoms with E-state index in [1.54, 1.807) is 6.07 Å². The van der Waals surface area contributed by atoms with Crippen molar-refractivity contribution in [3.05, 3.63) is 89.5 Å². The summed E-state index contributed by atoms with van der Waals surface area (Å²) in [6.45, 7) is 0.0817. The predicted octanol–water partition coefficient (Wildman–Crippen LogP) is 5.96. The average molecular weight is 480 g/mol. The van der Waals surface area contributed by atoms with Gasteiger partial charge in [-0.15, -0.1) is 0 Å². The number of carbonyl (C=O) groups is 1. The lowest BCUT2D eigenvalue weighted by Gasteiger charge is -2.11. The summed E-state index contributed by atoms with van der Waals surface area (Å²) in [5.74, 6) is -1.22. The summed E-state index contributed by atoms with van der Waals surface area (Å²) in [4.78, 5) is 21.1. The highest BCUT2D eigenvalue weighted by atomic mass is 19.4. The number of rotatable bonds is 6. The molecule has 0 radical (unpaired) electrons. The second kappa shape index (κ2) is 8.98. The van der Waals surface area contributed by atoms with Gasteiger partial charge in [-0.05, 0) is 65.9 Å². The molecular formula is C26H20F4N4O. The van der Waals surface area contributed by atoms with Crippen molar-refractivity contribution < 1.29 is 22.4 Å². The summed E-state index contributed by atoms with van der Waals surface area (Å²) in [5.41, 5.74) is 1.83. The lowest BCUT2D eigenvalue weighted by atomic mass is 10.0. The Morgan fingerprint density at radius 2 is 1.77 bits per heavy atom. The van der Waals surface area contributed by atoms with Crippen LogP contribution in [0.2, 0.25) is 0 Å². The normalized spacial score (nSPS) is 13.6. The Morgan fingerprint density at radius 1 is 0.971 bits per heavy atom. The van der Waals surface area contributed by atoms with Gasteiger partial charge in [0, 0.05) is 18.0 Å². The minimum absolute atomic E-state index is 0.0817. The van der Waals surface area contributed by atoms with Gasteiger partial charge in [-0.3, -0.25) is 4.79 Å². The molecule has 1 aliphatic rings. The minimum atomic E-state index is -4.68. The maximum absolute atomic E-state index is 14.1. The summed E-state index contributed by atoms with van der Waals surface area (Å²) in [5, 5.41) is 6.90. The Balaban J connectivity index is 1.33. The first kappa shape index (κ1) is 22.8. The fraction of sp³-hybridized carbons (Fsp3) is 0.192. The number of nitrogens with zero attached hydrogens (tertiary/aromatic N) is 2. The minimum Gasteiger partial charge on any atom is -0.367 e. The zero-order valence-electron chi connectivity index (χ0n) is 18.4. The third kappa shape index (κ3) is 5.08. The van der Waals surface area contributed by atoms with Gasteiger partial charge in [-0.1, -0.05) is 24.3 Å². The fourth-order valence-electron chi connectivity index (χ4n) is 3.79. The number of carbonyl (C=O) groups excluding carboxylic acids is 1. The van der Waals surface area contributed by atoms with Crippen LogP contribution in [0.3, 0.4) is 0 Å². The standard InChI is InChI=1S/C26H20F4N4O/c27-22-12-18(26(28,29)30)5-8-20(22)25(35)31-13-15-2-1-3-16(10-15)17-4-9-23-21(11-17)24(33-14-32-23)34-19-6-7-19/h1-5,8-12,14,19H,6-7,13H2,(H,31,35)(H,32,33,34). The summed E-state index contributed by atoms with van der Waals surface area (Å²) in [6.07, 6.45) is -0.903. The number of alkyl halides is 3. The molecular weight excluding hydrogens is 460 g/mol. The summed E-state index contributed by atoms with van der Waals surface area (Å²) < 4.78 is 52.3. The maximum Gasteiger partial charge on any atom is 0.416 e. The molecule has 9 heteroatoms. The van der Waals surface area contributed by atoms with Crippen molar-refractivity contribution in [1.82, 2.24) is 15.3 Å². The predicted molar refractivity (Wildman–Crippen MR) is 124 cm³/mol. The van der Waals surface area contributed by atoms with Crippen molar-refractivity contribution in [2.24, 2.45) is 0 Å². The molecule has 2 N–H and O–H groups in total. The average Bonchev–Trinajstić information content (AvgIpc) is 3.66. The molecule has 5 rings (SSSR count). The van der Waals surface area contributed by atoms with E-state index in [2.05, 4.69) is 20.6 Å². The third-order valence-corrected chi connectivity index (χ3v) is 5.81. The Bertz CT molecular complexity index is 1420. The fourth-order valence-corrected chi connectivity index (χ4v) is 3.79. The van der Waals surface area contributed by atoms with Gasteiger partial charge < -0.3 is 10.6 Å². The zero-order chi connectivity index (χ0) is 24.6. The Hall–Kier alpha value is -4.01. The molecule has 1 heterocycles. The first-order valence-electron chi connectivity index (χ1n) is 11.0. The number of hydrogen-bond acceptors (Lipinski definition) is 4. The van der Waals surface area contributed by atoms with Crippen molar-refractivity contribution in [1.29, 1.82) is 0 Å². The number of nitrogens with one attached hydrogen (secondary N) is 2. The quantitative estimate of drug-likeness (QED) is 0.334. The molecule has 0 unspecified atom stereocenters. The monoisotopic (exact) mass is 480 g/mol. The molecule has 3 aromatic carbocycles. The number of amides is 1. The van der Waals surface area contributed by atoms with Crippen molar-refractivity contribution in [2.75, 3.05) is 5.32 Å². The molecule has 0 spiro atoms. The van der Waals surface area contributed by atoms with Crippen LogP contribution in [0.15, 0.2) is 67.0 Å². The van der Waals surface area contributed by atoms with Crippen molar-refractivity contribution in [2.45, 2.75) is 31.6 Å². The zero-order valence-corrected chi connectivity index (χ0v) is 18.4. The smallest absolute Gasteiger partial charge is 0.367 e. The Kier molecular flexibility index (Phi) is 5.84. The van der Waals surface area contributed by atoms with Gasteiger partial charge in [-0.2, -0.15) is 13.2 Å². The van der Waals surface area contributed by atoms with E-state index in [-0.39, 0.29) is 6.54 Å². The van der Waals surface area contributed by atoms with Crippen LogP contribution in [0.5, 0.6) is 0 Å². The maximum atomic E-state index is 14.1. The first-order valence-corrected chi connectivity index (χ1v) is 11.0. The lowest BCUT2D eigenvalue weighted by Crippen LogP contribution is -2.24. The van der Waals surface area contributed by atoms with Crippen LogP contribution in [0.1, 0.15) is 34.3 Å². The van der Waals surface area contributed by atoms with Gasteiger partial charge in [0.15, 0.2) is 0 Å². The van der Waals surface area contributed by atoms with Gasteiger partial charge in [0.25, 0.3) is 5.91 Å². The van der Waals surface area contributed by atoms with Crippen LogP contribution in [0.25, 0.3) is 22.0 Å². The van der Waals surface area contributed by atoms with E-state index in [0.717, 1.165) is 52.3 Å². The van der Waals surface area contributed by atoms with E-state index < -0.39 is 29.0 Å². The van der Waals surface area contributed by atoms with Gasteiger partial charge >= 0.3 is 6.18 Å². The van der Waals surface area contributed by atoms with Crippen LogP contribution in [0, 0.1) is 5.82 Å². The van der Waals surface area contributed by atoms with E-state index in [4.69, 9.17) is 0 Å². The molecule has 0 bridgehead atoms. The van der Waals surface area contributed by atoms with E-state index in [0.29, 0.717) is 18.2 Å². The topological polar surface area (TPSA) is 66.9 Å². The second-order valence-electron chi connectivity index (χ2n) is 8.45. The highest BCUT2D eigenvalue weighted by Gasteiger charge is 2.31. The van der Waals surface area contributed by atoms with Gasteiger partial charge in [0.1, 0.15) is 18.0 Å². The molecule has 178 valence electrons. The summed E-state index contributed by atoms with van der Waals surface area (Å²) in [6, 6.07) is 15.6. The molecule has 1 saturated carbocycles. The van der Waals surface area contributed by atoms with Crippen LogP contribution in [-0.4, -0.2) is 21.9 Å². The molecule has 0 saturated heterocycles. The van der Waals surface area contributed by atoms with Crippen LogP contribution >= 0.6 is 0 Å². The van der Waals surface area contributed by atoms with Crippen LogP contribution in [-0.2, 0) is 12.7 Å².